The molecule has 0 spiro atoms. The average molecular weight is 408 g/mol. The van der Waals surface area contributed by atoms with Crippen molar-refractivity contribution in [3.63, 3.8) is 0 Å². The Bertz CT molecular complexity index is 819. The van der Waals surface area contributed by atoms with Crippen LogP contribution in [0, 0.1) is 0 Å². The monoisotopic (exact) mass is 408 g/mol. The molecule has 0 heterocycles. The molecule has 3 aromatic rings. The summed E-state index contributed by atoms with van der Waals surface area (Å²) in [7, 11) is 0. The third-order valence-corrected chi connectivity index (χ3v) is 3.60. The van der Waals surface area contributed by atoms with Crippen molar-refractivity contribution in [2.24, 2.45) is 0 Å². The zero-order valence-electron chi connectivity index (χ0n) is 17.1. The molecule has 30 heavy (non-hydrogen) atoms. The molecular formula is C24H24O6. The standard InChI is InChI=1S/C24H24O6/c1-23(2,3)30-29-22(25)24(26-19-13-7-4-8-14-19,27-20-15-9-5-10-16-20)28-21-17-11-6-12-18-21/h4-18H,1-3H3. The van der Waals surface area contributed by atoms with E-state index in [1.807, 2.05) is 18.2 Å². The lowest BCUT2D eigenvalue weighted by atomic mass is 10.2. The first-order valence-electron chi connectivity index (χ1n) is 9.49. The number of carbonyl (C=O) groups is 1. The maximum absolute atomic E-state index is 13.2. The molecule has 0 radical (unpaired) electrons. The molecule has 6 nitrogen and oxygen atoms in total. The van der Waals surface area contributed by atoms with E-state index >= 15 is 0 Å². The summed E-state index contributed by atoms with van der Waals surface area (Å²) in [5.74, 6) is -2.27. The summed E-state index contributed by atoms with van der Waals surface area (Å²) < 4.78 is 17.8. The second-order valence-corrected chi connectivity index (χ2v) is 7.37. The van der Waals surface area contributed by atoms with Crippen LogP contribution in [0.1, 0.15) is 20.8 Å². The summed E-state index contributed by atoms with van der Waals surface area (Å²) in [6.07, 6.45) is 0. The van der Waals surface area contributed by atoms with Crippen LogP contribution in [0.4, 0.5) is 0 Å². The van der Waals surface area contributed by atoms with E-state index in [4.69, 9.17) is 24.0 Å². The van der Waals surface area contributed by atoms with Gasteiger partial charge in [-0.15, -0.1) is 0 Å². The molecule has 0 bridgehead atoms. The van der Waals surface area contributed by atoms with Crippen LogP contribution in [0.15, 0.2) is 91.0 Å². The van der Waals surface area contributed by atoms with Crippen LogP contribution in [0.3, 0.4) is 0 Å². The normalized spacial score (nSPS) is 11.4. The van der Waals surface area contributed by atoms with E-state index in [0.717, 1.165) is 0 Å². The summed E-state index contributed by atoms with van der Waals surface area (Å²) in [5.41, 5.74) is -0.742. The van der Waals surface area contributed by atoms with Gasteiger partial charge in [-0.05, 0) is 57.2 Å². The molecule has 0 fully saturated rings. The minimum absolute atomic E-state index is 0.345. The molecule has 0 saturated heterocycles. The van der Waals surface area contributed by atoms with E-state index in [2.05, 4.69) is 0 Å². The molecule has 0 saturated carbocycles. The van der Waals surface area contributed by atoms with Gasteiger partial charge in [-0.1, -0.05) is 54.6 Å². The molecule has 0 aliphatic rings. The summed E-state index contributed by atoms with van der Waals surface area (Å²) >= 11 is 0. The molecule has 0 aromatic heterocycles. The van der Waals surface area contributed by atoms with E-state index in [1.165, 1.54) is 0 Å². The van der Waals surface area contributed by atoms with Crippen molar-refractivity contribution in [3.05, 3.63) is 91.0 Å². The number of para-hydroxylation sites is 3. The highest BCUT2D eigenvalue weighted by molar-refractivity contribution is 5.77. The Morgan fingerprint density at radius 2 is 0.933 bits per heavy atom. The van der Waals surface area contributed by atoms with Crippen LogP contribution in [0.5, 0.6) is 17.2 Å². The molecule has 156 valence electrons. The van der Waals surface area contributed by atoms with E-state index in [1.54, 1.807) is 93.6 Å². The van der Waals surface area contributed by atoms with Crippen LogP contribution in [-0.4, -0.2) is 17.5 Å². The van der Waals surface area contributed by atoms with Crippen LogP contribution in [0.2, 0.25) is 0 Å². The van der Waals surface area contributed by atoms with Crippen molar-refractivity contribution >= 4 is 5.97 Å². The van der Waals surface area contributed by atoms with Gasteiger partial charge in [-0.3, -0.25) is 4.89 Å². The van der Waals surface area contributed by atoms with Gasteiger partial charge in [0.15, 0.2) is 0 Å². The fourth-order valence-electron chi connectivity index (χ4n) is 2.33. The lowest BCUT2D eigenvalue weighted by Gasteiger charge is -2.31. The largest absolute Gasteiger partial charge is 0.526 e. The highest BCUT2D eigenvalue weighted by atomic mass is 17.2. The zero-order chi connectivity index (χ0) is 21.5. The number of benzene rings is 3. The Balaban J connectivity index is 2.01. The maximum Gasteiger partial charge on any atom is 0.526 e. The van der Waals surface area contributed by atoms with Crippen LogP contribution in [-0.2, 0) is 14.6 Å². The summed E-state index contributed by atoms with van der Waals surface area (Å²) in [6.45, 7) is 5.24. The summed E-state index contributed by atoms with van der Waals surface area (Å²) in [6, 6.07) is 26.1. The molecule has 3 rings (SSSR count). The van der Waals surface area contributed by atoms with Gasteiger partial charge in [-0.25, -0.2) is 4.79 Å². The molecule has 0 N–H and O–H groups in total. The molecule has 3 aromatic carbocycles. The molecule has 6 heteroatoms. The minimum Gasteiger partial charge on any atom is -0.412 e. The maximum atomic E-state index is 13.2. The smallest absolute Gasteiger partial charge is 0.412 e. The zero-order valence-corrected chi connectivity index (χ0v) is 17.1. The highest BCUT2D eigenvalue weighted by Gasteiger charge is 2.52. The van der Waals surface area contributed by atoms with Crippen LogP contribution >= 0.6 is 0 Å². The van der Waals surface area contributed by atoms with Crippen molar-refractivity contribution in [1.29, 1.82) is 0 Å². The van der Waals surface area contributed by atoms with E-state index < -0.39 is 17.5 Å². The Morgan fingerprint density at radius 1 is 0.600 bits per heavy atom. The molecule has 0 atom stereocenters. The molecular weight excluding hydrogens is 384 g/mol. The SMILES string of the molecule is CC(C)(C)OOC(=O)C(Oc1ccccc1)(Oc1ccccc1)Oc1ccccc1. The second kappa shape index (κ2) is 9.33. The van der Waals surface area contributed by atoms with Gasteiger partial charge in [0, 0.05) is 0 Å². The predicted octanol–water partition coefficient (Wildman–Crippen LogP) is 5.15. The number of hydrogen-bond acceptors (Lipinski definition) is 6. The van der Waals surface area contributed by atoms with Gasteiger partial charge < -0.3 is 14.2 Å². The first-order chi connectivity index (χ1) is 14.4. The first kappa shape index (κ1) is 21.2. The third-order valence-electron chi connectivity index (χ3n) is 3.60. The number of hydrogen-bond donors (Lipinski definition) is 0. The predicted molar refractivity (Wildman–Crippen MR) is 111 cm³/mol. The number of carbonyl (C=O) groups excluding carboxylic acids is 1. The van der Waals surface area contributed by atoms with E-state index in [-0.39, 0.29) is 0 Å². The highest BCUT2D eigenvalue weighted by Crippen LogP contribution is 2.28. The fourth-order valence-corrected chi connectivity index (χ4v) is 2.33. The van der Waals surface area contributed by atoms with E-state index in [0.29, 0.717) is 17.2 Å². The third kappa shape index (κ3) is 5.99. The van der Waals surface area contributed by atoms with Crippen LogP contribution < -0.4 is 14.2 Å². The van der Waals surface area contributed by atoms with Gasteiger partial charge in [0.25, 0.3) is 0 Å². The quantitative estimate of drug-likeness (QED) is 0.292. The average Bonchev–Trinajstić information content (AvgIpc) is 2.73. The second-order valence-electron chi connectivity index (χ2n) is 7.37. The Kier molecular flexibility index (Phi) is 6.59. The van der Waals surface area contributed by atoms with Crippen molar-refractivity contribution < 1.29 is 28.8 Å². The van der Waals surface area contributed by atoms with Crippen molar-refractivity contribution in [3.8, 4) is 17.2 Å². The lowest BCUT2D eigenvalue weighted by molar-refractivity contribution is -0.354. The summed E-state index contributed by atoms with van der Waals surface area (Å²) in [5, 5.41) is 0. The first-order valence-corrected chi connectivity index (χ1v) is 9.49. The van der Waals surface area contributed by atoms with E-state index in [9.17, 15) is 4.79 Å². The molecule has 0 aliphatic carbocycles. The molecule has 0 amide bonds. The summed E-state index contributed by atoms with van der Waals surface area (Å²) in [4.78, 5) is 23.5. The van der Waals surface area contributed by atoms with Gasteiger partial charge >= 0.3 is 11.9 Å². The fraction of sp³-hybridized carbons (Fsp3) is 0.208. The minimum atomic E-state index is -2.30. The van der Waals surface area contributed by atoms with Crippen molar-refractivity contribution in [2.45, 2.75) is 32.3 Å². The van der Waals surface area contributed by atoms with Crippen LogP contribution in [0.25, 0.3) is 0 Å². The molecule has 0 unspecified atom stereocenters. The van der Waals surface area contributed by atoms with Crippen molar-refractivity contribution in [1.82, 2.24) is 0 Å². The molecule has 0 aliphatic heterocycles. The van der Waals surface area contributed by atoms with Gasteiger partial charge in [-0.2, -0.15) is 4.89 Å². The Hall–Kier alpha value is -3.51. The number of ether oxygens (including phenoxy) is 3. The van der Waals surface area contributed by atoms with Crippen molar-refractivity contribution in [2.75, 3.05) is 0 Å². The van der Waals surface area contributed by atoms with Gasteiger partial charge in [0.1, 0.15) is 22.8 Å². The number of rotatable bonds is 8. The topological polar surface area (TPSA) is 63.2 Å². The van der Waals surface area contributed by atoms with Gasteiger partial charge in [0.05, 0.1) is 0 Å². The Morgan fingerprint density at radius 3 is 1.23 bits per heavy atom. The Labute approximate surface area is 175 Å². The lowest BCUT2D eigenvalue weighted by Crippen LogP contribution is -2.56. The van der Waals surface area contributed by atoms with Gasteiger partial charge in [0.2, 0.25) is 0 Å².